The van der Waals surface area contributed by atoms with Gasteiger partial charge in [0.1, 0.15) is 6.61 Å². The number of rotatable bonds is 3. The highest BCUT2D eigenvalue weighted by Gasteiger charge is 2.21. The molecule has 0 spiro atoms. The summed E-state index contributed by atoms with van der Waals surface area (Å²) in [6, 6.07) is 0. The van der Waals surface area contributed by atoms with Gasteiger partial charge in [-0.25, -0.2) is 0 Å². The molecule has 2 nitrogen and oxygen atoms in total. The Hall–Kier alpha value is -0.725. The van der Waals surface area contributed by atoms with E-state index < -0.39 is 11.3 Å². The first-order valence-corrected chi connectivity index (χ1v) is 3.05. The average molecular weight is 138 g/mol. The van der Waals surface area contributed by atoms with E-state index >= 15 is 0 Å². The maximum Gasteiger partial charge on any atom is 0.302 e. The summed E-state index contributed by atoms with van der Waals surface area (Å²) in [6.07, 6.45) is 1.50. The molecule has 10 heavy (non-hydrogen) atoms. The zero-order valence-corrected chi connectivity index (χ0v) is 6.39. The Morgan fingerprint density at radius 3 is 2.60 bits per heavy atom. The van der Waals surface area contributed by atoms with Gasteiger partial charge in [-0.3, -0.25) is 4.79 Å². The van der Waals surface area contributed by atoms with Gasteiger partial charge >= 0.3 is 5.97 Å². The molecule has 0 N–H and O–H groups in total. The third kappa shape index (κ3) is 3.33. The van der Waals surface area contributed by atoms with E-state index in [1.165, 1.54) is 6.08 Å². The minimum absolute atomic E-state index is 0.222. The van der Waals surface area contributed by atoms with Gasteiger partial charge in [0.05, 0.1) is 7.85 Å². The fourth-order valence-corrected chi connectivity index (χ4v) is 0.321. The van der Waals surface area contributed by atoms with Crippen molar-refractivity contribution in [3.63, 3.8) is 0 Å². The van der Waals surface area contributed by atoms with E-state index in [1.54, 1.807) is 13.8 Å². The van der Waals surface area contributed by atoms with Gasteiger partial charge in [0.25, 0.3) is 0 Å². The molecular weight excluding hydrogens is 127 g/mol. The molecule has 0 aliphatic heterocycles. The summed E-state index contributed by atoms with van der Waals surface area (Å²) in [5.41, 5.74) is 0. The van der Waals surface area contributed by atoms with Crippen molar-refractivity contribution in [2.75, 3.05) is 6.61 Å². The third-order valence-corrected chi connectivity index (χ3v) is 0.858. The van der Waals surface area contributed by atoms with Gasteiger partial charge in [-0.2, -0.15) is 0 Å². The highest BCUT2D eigenvalue weighted by molar-refractivity contribution is 6.26. The fraction of sp³-hybridized carbons (Fsp3) is 0.571. The second kappa shape index (κ2) is 3.45. The van der Waals surface area contributed by atoms with Crippen LogP contribution >= 0.6 is 0 Å². The summed E-state index contributed by atoms with van der Waals surface area (Å²) >= 11 is 0. The van der Waals surface area contributed by atoms with Crippen molar-refractivity contribution in [3.8, 4) is 0 Å². The van der Waals surface area contributed by atoms with Crippen molar-refractivity contribution in [1.29, 1.82) is 0 Å². The van der Waals surface area contributed by atoms with E-state index in [-0.39, 0.29) is 6.61 Å². The molecule has 0 aromatic heterocycles. The van der Waals surface area contributed by atoms with Crippen molar-refractivity contribution in [2.24, 2.45) is 0 Å². The standard InChI is InChI=1S/C7H11BO2/c1-4-5-10-6(9)7(2,3)8/h4H,1,5H2,2-3H3. The summed E-state index contributed by atoms with van der Waals surface area (Å²) in [5, 5.41) is -0.900. The molecule has 0 saturated heterocycles. The summed E-state index contributed by atoms with van der Waals surface area (Å²) in [5.74, 6) is -0.410. The van der Waals surface area contributed by atoms with E-state index in [2.05, 4.69) is 11.3 Å². The van der Waals surface area contributed by atoms with Crippen molar-refractivity contribution in [3.05, 3.63) is 12.7 Å². The van der Waals surface area contributed by atoms with E-state index in [1.807, 2.05) is 0 Å². The van der Waals surface area contributed by atoms with E-state index in [9.17, 15) is 4.79 Å². The fourth-order valence-electron chi connectivity index (χ4n) is 0.321. The predicted octanol–water partition coefficient (Wildman–Crippen LogP) is 1.08. The molecule has 0 saturated carbocycles. The maximum absolute atomic E-state index is 10.8. The van der Waals surface area contributed by atoms with Crippen molar-refractivity contribution < 1.29 is 9.53 Å². The van der Waals surface area contributed by atoms with Crippen LogP contribution in [-0.2, 0) is 9.53 Å². The molecule has 0 aliphatic carbocycles. The molecule has 0 heterocycles. The lowest BCUT2D eigenvalue weighted by Gasteiger charge is -2.15. The van der Waals surface area contributed by atoms with Crippen LogP contribution in [0.4, 0.5) is 0 Å². The first-order chi connectivity index (χ1) is 4.48. The van der Waals surface area contributed by atoms with Gasteiger partial charge in [0.15, 0.2) is 0 Å². The average Bonchev–Trinajstić information content (AvgIpc) is 1.80. The highest BCUT2D eigenvalue weighted by atomic mass is 16.5. The lowest BCUT2D eigenvalue weighted by molar-refractivity contribution is -0.145. The summed E-state index contributed by atoms with van der Waals surface area (Å²) < 4.78 is 4.67. The molecule has 54 valence electrons. The van der Waals surface area contributed by atoms with Crippen molar-refractivity contribution in [2.45, 2.75) is 19.2 Å². The zero-order valence-electron chi connectivity index (χ0n) is 6.39. The Kier molecular flexibility index (Phi) is 3.20. The predicted molar refractivity (Wildman–Crippen MR) is 41.0 cm³/mol. The molecule has 0 unspecified atom stereocenters. The van der Waals surface area contributed by atoms with Gasteiger partial charge in [-0.05, 0) is 0 Å². The van der Waals surface area contributed by atoms with Crippen LogP contribution < -0.4 is 0 Å². The van der Waals surface area contributed by atoms with Crippen molar-refractivity contribution >= 4 is 13.8 Å². The molecule has 0 atom stereocenters. The molecule has 0 amide bonds. The minimum atomic E-state index is -0.900. The first-order valence-electron chi connectivity index (χ1n) is 3.05. The van der Waals surface area contributed by atoms with Crippen LogP contribution in [0.25, 0.3) is 0 Å². The van der Waals surface area contributed by atoms with Gasteiger partial charge < -0.3 is 4.74 Å². The molecule has 0 bridgehead atoms. The van der Waals surface area contributed by atoms with Crippen LogP contribution in [-0.4, -0.2) is 20.4 Å². The number of ether oxygens (including phenoxy) is 1. The molecule has 2 radical (unpaired) electrons. The minimum Gasteiger partial charge on any atom is -0.462 e. The second-order valence-electron chi connectivity index (χ2n) is 2.61. The first kappa shape index (κ1) is 9.27. The second-order valence-corrected chi connectivity index (χ2v) is 2.61. The SMILES string of the molecule is [B]C(C)(C)C(=O)OCC=C. The van der Waals surface area contributed by atoms with Crippen LogP contribution in [0.5, 0.6) is 0 Å². The molecule has 0 aromatic rings. The molecule has 3 heteroatoms. The van der Waals surface area contributed by atoms with Crippen LogP contribution in [0.3, 0.4) is 0 Å². The number of carbonyl (C=O) groups excluding carboxylic acids is 1. The molecular formula is C7H11BO2. The number of hydrogen-bond donors (Lipinski definition) is 0. The lowest BCUT2D eigenvalue weighted by atomic mass is 9.73. The van der Waals surface area contributed by atoms with E-state index in [0.29, 0.717) is 0 Å². The lowest BCUT2D eigenvalue weighted by Crippen LogP contribution is -2.20. The Labute approximate surface area is 62.7 Å². The van der Waals surface area contributed by atoms with E-state index in [4.69, 9.17) is 7.85 Å². The van der Waals surface area contributed by atoms with E-state index in [0.717, 1.165) is 0 Å². The van der Waals surface area contributed by atoms with Gasteiger partial charge in [-0.1, -0.05) is 26.5 Å². The van der Waals surface area contributed by atoms with Crippen molar-refractivity contribution in [1.82, 2.24) is 0 Å². The smallest absolute Gasteiger partial charge is 0.302 e. The summed E-state index contributed by atoms with van der Waals surface area (Å²) in [4.78, 5) is 10.8. The van der Waals surface area contributed by atoms with Gasteiger partial charge in [-0.15, -0.1) is 0 Å². The molecule has 0 fully saturated rings. The number of carbonyl (C=O) groups is 1. The van der Waals surface area contributed by atoms with Crippen LogP contribution in [0, 0.1) is 0 Å². The summed E-state index contributed by atoms with van der Waals surface area (Å²) in [6.45, 7) is 6.81. The van der Waals surface area contributed by atoms with Crippen LogP contribution in [0.1, 0.15) is 13.8 Å². The normalized spacial score (nSPS) is 10.6. The Morgan fingerprint density at radius 2 is 2.30 bits per heavy atom. The van der Waals surface area contributed by atoms with Crippen LogP contribution in [0.2, 0.25) is 5.31 Å². The molecule has 0 rings (SSSR count). The topological polar surface area (TPSA) is 26.3 Å². The Bertz CT molecular complexity index is 135. The zero-order chi connectivity index (χ0) is 8.20. The quantitative estimate of drug-likeness (QED) is 0.331. The van der Waals surface area contributed by atoms with Gasteiger partial charge in [0, 0.05) is 5.31 Å². The Morgan fingerprint density at radius 1 is 1.80 bits per heavy atom. The third-order valence-electron chi connectivity index (χ3n) is 0.858. The van der Waals surface area contributed by atoms with Gasteiger partial charge in [0.2, 0.25) is 0 Å². The largest absolute Gasteiger partial charge is 0.462 e. The monoisotopic (exact) mass is 138 g/mol. The number of hydrogen-bond acceptors (Lipinski definition) is 2. The maximum atomic E-state index is 10.8. The molecule has 0 aromatic carbocycles. The van der Waals surface area contributed by atoms with Crippen LogP contribution in [0.15, 0.2) is 12.7 Å². The highest BCUT2D eigenvalue weighted by Crippen LogP contribution is 2.19. The Balaban J connectivity index is 3.74. The molecule has 0 aliphatic rings. The number of esters is 1. The summed E-state index contributed by atoms with van der Waals surface area (Å²) in [7, 11) is 5.41.